The lowest BCUT2D eigenvalue weighted by Crippen LogP contribution is -2.01. The van der Waals surface area contributed by atoms with Gasteiger partial charge in [-0.2, -0.15) is 0 Å². The molecule has 0 aliphatic carbocycles. The number of hydrogen-bond donors (Lipinski definition) is 1. The van der Waals surface area contributed by atoms with E-state index in [0.29, 0.717) is 5.52 Å². The van der Waals surface area contributed by atoms with Gasteiger partial charge in [0.2, 0.25) is 6.08 Å². The fourth-order valence-corrected chi connectivity index (χ4v) is 1.31. The molecule has 15 heavy (non-hydrogen) atoms. The Balaban J connectivity index is 2.84. The fourth-order valence-electron chi connectivity index (χ4n) is 1.31. The van der Waals surface area contributed by atoms with Gasteiger partial charge in [-0.25, -0.2) is 9.18 Å². The Bertz CT molecular complexity index is 627. The van der Waals surface area contributed by atoms with Crippen LogP contribution in [0.4, 0.5) is 10.2 Å². The molecule has 0 amide bonds. The number of isocyanates is 1. The summed E-state index contributed by atoms with van der Waals surface area (Å²) in [5, 5.41) is 0.222. The summed E-state index contributed by atoms with van der Waals surface area (Å²) >= 11 is 0. The predicted octanol–water partition coefficient (Wildman–Crippen LogP) is 1.63. The molecule has 2 aromatic rings. The lowest BCUT2D eigenvalue weighted by atomic mass is 10.2. The molecule has 1 aromatic heterocycles. The number of halogens is 1. The topological polar surface area (TPSA) is 62.3 Å². The van der Waals surface area contributed by atoms with Gasteiger partial charge in [0, 0.05) is 11.5 Å². The van der Waals surface area contributed by atoms with Gasteiger partial charge in [0.05, 0.1) is 5.52 Å². The zero-order valence-corrected chi connectivity index (χ0v) is 7.45. The van der Waals surface area contributed by atoms with Crippen LogP contribution in [0.15, 0.2) is 34.1 Å². The SMILES string of the molecule is O=C=Nc1cc(=O)c2cc(F)ccc2[nH]1. The van der Waals surface area contributed by atoms with Gasteiger partial charge in [-0.15, -0.1) is 4.99 Å². The zero-order valence-electron chi connectivity index (χ0n) is 7.45. The molecule has 1 aromatic carbocycles. The van der Waals surface area contributed by atoms with Crippen molar-refractivity contribution in [2.75, 3.05) is 0 Å². The van der Waals surface area contributed by atoms with Crippen LogP contribution in [0, 0.1) is 5.82 Å². The second-order valence-electron chi connectivity index (χ2n) is 2.91. The lowest BCUT2D eigenvalue weighted by Gasteiger charge is -1.98. The predicted molar refractivity (Wildman–Crippen MR) is 52.3 cm³/mol. The fraction of sp³-hybridized carbons (Fsp3) is 0. The number of carbonyl (C=O) groups excluding carboxylic acids is 1. The van der Waals surface area contributed by atoms with Crippen molar-refractivity contribution in [3.63, 3.8) is 0 Å². The van der Waals surface area contributed by atoms with E-state index >= 15 is 0 Å². The molecule has 1 heterocycles. The molecular formula is C10H5FN2O2. The van der Waals surface area contributed by atoms with Crippen LogP contribution in [0.1, 0.15) is 0 Å². The Morgan fingerprint density at radius 3 is 2.87 bits per heavy atom. The van der Waals surface area contributed by atoms with E-state index in [4.69, 9.17) is 0 Å². The number of pyridine rings is 1. The molecule has 0 fully saturated rings. The molecule has 0 saturated heterocycles. The Labute approximate surface area is 83.1 Å². The molecule has 0 bridgehead atoms. The molecule has 0 radical (unpaired) electrons. The van der Waals surface area contributed by atoms with E-state index in [1.165, 1.54) is 18.2 Å². The number of hydrogen-bond acceptors (Lipinski definition) is 3. The van der Waals surface area contributed by atoms with Gasteiger partial charge >= 0.3 is 0 Å². The van der Waals surface area contributed by atoms with E-state index in [1.54, 1.807) is 0 Å². The first-order valence-corrected chi connectivity index (χ1v) is 4.11. The van der Waals surface area contributed by atoms with Crippen LogP contribution in [-0.4, -0.2) is 11.1 Å². The van der Waals surface area contributed by atoms with Crippen molar-refractivity contribution in [2.24, 2.45) is 4.99 Å². The quantitative estimate of drug-likeness (QED) is 0.566. The average Bonchev–Trinajstić information content (AvgIpc) is 2.20. The van der Waals surface area contributed by atoms with Crippen molar-refractivity contribution in [2.45, 2.75) is 0 Å². The largest absolute Gasteiger partial charge is 0.339 e. The van der Waals surface area contributed by atoms with Gasteiger partial charge in [0.25, 0.3) is 0 Å². The van der Waals surface area contributed by atoms with E-state index in [0.717, 1.165) is 12.1 Å². The Morgan fingerprint density at radius 1 is 1.33 bits per heavy atom. The van der Waals surface area contributed by atoms with Gasteiger partial charge in [-0.3, -0.25) is 4.79 Å². The van der Waals surface area contributed by atoms with E-state index in [2.05, 4.69) is 9.98 Å². The minimum atomic E-state index is -0.486. The Morgan fingerprint density at radius 2 is 2.13 bits per heavy atom. The molecule has 2 rings (SSSR count). The maximum atomic E-state index is 12.8. The van der Waals surface area contributed by atoms with Crippen LogP contribution in [0.2, 0.25) is 0 Å². The third kappa shape index (κ3) is 1.68. The van der Waals surface area contributed by atoms with E-state index in [-0.39, 0.29) is 11.2 Å². The second kappa shape index (κ2) is 3.48. The molecule has 0 unspecified atom stereocenters. The number of aromatic nitrogens is 1. The molecule has 0 spiro atoms. The summed E-state index contributed by atoms with van der Waals surface area (Å²) in [7, 11) is 0. The monoisotopic (exact) mass is 204 g/mol. The van der Waals surface area contributed by atoms with Crippen LogP contribution in [0.5, 0.6) is 0 Å². The van der Waals surface area contributed by atoms with Crippen LogP contribution in [0.25, 0.3) is 10.9 Å². The van der Waals surface area contributed by atoms with E-state index in [9.17, 15) is 14.0 Å². The summed E-state index contributed by atoms with van der Waals surface area (Å²) in [6.07, 6.45) is 1.32. The second-order valence-corrected chi connectivity index (χ2v) is 2.91. The minimum Gasteiger partial charge on any atom is -0.339 e. The molecule has 0 atom stereocenters. The molecule has 0 aliphatic heterocycles. The van der Waals surface area contributed by atoms with E-state index in [1.807, 2.05) is 0 Å². The third-order valence-electron chi connectivity index (χ3n) is 1.94. The standard InChI is InChI=1S/C10H5FN2O2/c11-6-1-2-8-7(3-6)9(15)4-10(13-8)12-5-14/h1-4H,(H,13,15). The van der Waals surface area contributed by atoms with Crippen LogP contribution in [0.3, 0.4) is 0 Å². The molecule has 0 aliphatic rings. The summed E-state index contributed by atoms with van der Waals surface area (Å²) < 4.78 is 12.8. The number of benzene rings is 1. The first-order valence-electron chi connectivity index (χ1n) is 4.11. The Kier molecular flexibility index (Phi) is 2.15. The van der Waals surface area contributed by atoms with E-state index < -0.39 is 11.2 Å². The highest BCUT2D eigenvalue weighted by Crippen LogP contribution is 2.13. The number of fused-ring (bicyclic) bond motifs is 1. The highest BCUT2D eigenvalue weighted by molar-refractivity contribution is 5.79. The highest BCUT2D eigenvalue weighted by atomic mass is 19.1. The average molecular weight is 204 g/mol. The van der Waals surface area contributed by atoms with Gasteiger partial charge in [-0.1, -0.05) is 0 Å². The van der Waals surface area contributed by atoms with Gasteiger partial charge in [-0.05, 0) is 18.2 Å². The van der Waals surface area contributed by atoms with Crippen molar-refractivity contribution in [1.29, 1.82) is 0 Å². The van der Waals surface area contributed by atoms with Crippen molar-refractivity contribution in [1.82, 2.24) is 4.98 Å². The van der Waals surface area contributed by atoms with Crippen LogP contribution >= 0.6 is 0 Å². The normalized spacial score (nSPS) is 9.93. The lowest BCUT2D eigenvalue weighted by molar-refractivity contribution is 0.565. The third-order valence-corrected chi connectivity index (χ3v) is 1.94. The van der Waals surface area contributed by atoms with Gasteiger partial charge < -0.3 is 4.98 Å². The summed E-state index contributed by atoms with van der Waals surface area (Å²) in [6, 6.07) is 4.87. The summed E-state index contributed by atoms with van der Waals surface area (Å²) in [4.78, 5) is 27.4. The first kappa shape index (κ1) is 9.30. The van der Waals surface area contributed by atoms with Gasteiger partial charge in [0.15, 0.2) is 5.43 Å². The number of nitrogens with zero attached hydrogens (tertiary/aromatic N) is 1. The summed E-state index contributed by atoms with van der Waals surface area (Å²) in [6.45, 7) is 0. The molecule has 5 heteroatoms. The smallest absolute Gasteiger partial charge is 0.242 e. The molecule has 0 saturated carbocycles. The molecule has 1 N–H and O–H groups in total. The highest BCUT2D eigenvalue weighted by Gasteiger charge is 2.02. The van der Waals surface area contributed by atoms with Crippen molar-refractivity contribution >= 4 is 22.8 Å². The number of aliphatic imine (C=N–C) groups is 1. The number of H-pyrrole nitrogens is 1. The zero-order chi connectivity index (χ0) is 10.8. The Hall–Kier alpha value is -2.26. The van der Waals surface area contributed by atoms with Crippen molar-refractivity contribution < 1.29 is 9.18 Å². The molecule has 4 nitrogen and oxygen atoms in total. The van der Waals surface area contributed by atoms with Crippen molar-refractivity contribution in [3.8, 4) is 0 Å². The maximum Gasteiger partial charge on any atom is 0.242 e. The minimum absolute atomic E-state index is 0.106. The van der Waals surface area contributed by atoms with Crippen LogP contribution in [-0.2, 0) is 4.79 Å². The van der Waals surface area contributed by atoms with Crippen molar-refractivity contribution in [3.05, 3.63) is 40.3 Å². The molecule has 74 valence electrons. The first-order chi connectivity index (χ1) is 7.20. The number of nitrogens with one attached hydrogen (secondary N) is 1. The number of rotatable bonds is 1. The molecular weight excluding hydrogens is 199 g/mol. The van der Waals surface area contributed by atoms with Crippen LogP contribution < -0.4 is 5.43 Å². The summed E-state index contributed by atoms with van der Waals surface area (Å²) in [5.74, 6) is -0.381. The summed E-state index contributed by atoms with van der Waals surface area (Å²) in [5.41, 5.74) is 0.0372. The maximum absolute atomic E-state index is 12.8. The number of aromatic amines is 1. The van der Waals surface area contributed by atoms with Gasteiger partial charge in [0.1, 0.15) is 11.6 Å².